The highest BCUT2D eigenvalue weighted by Gasteiger charge is 2.30. The van der Waals surface area contributed by atoms with Gasteiger partial charge in [-0.05, 0) is 65.6 Å². The minimum Gasteiger partial charge on any atom is -0.377 e. The largest absolute Gasteiger partial charge is 0.377 e. The Balaban J connectivity index is 2.26. The fraction of sp³-hybridized carbons (Fsp3) is 0.938. The zero-order valence-corrected chi connectivity index (χ0v) is 13.7. The molecule has 20 heavy (non-hydrogen) atoms. The molecular weight excluding hydrogens is 250 g/mol. The number of hydrogen-bond acceptors (Lipinski definition) is 4. The number of nitrogens with zero attached hydrogens (tertiary/aromatic N) is 2. The van der Waals surface area contributed by atoms with Gasteiger partial charge in [-0.15, -0.1) is 0 Å². The van der Waals surface area contributed by atoms with Crippen molar-refractivity contribution >= 4 is 0 Å². The third kappa shape index (κ3) is 5.40. The SMILES string of the molecule is CCNC(C)(C#N)CCCCN1CCCC(C)(OC)C1. The van der Waals surface area contributed by atoms with E-state index in [0.717, 1.165) is 45.3 Å². The predicted octanol–water partition coefficient (Wildman–Crippen LogP) is 2.55. The highest BCUT2D eigenvalue weighted by molar-refractivity contribution is 5.03. The van der Waals surface area contributed by atoms with Crippen molar-refractivity contribution in [2.75, 3.05) is 33.3 Å². The van der Waals surface area contributed by atoms with Crippen molar-refractivity contribution in [2.45, 2.75) is 64.0 Å². The number of rotatable bonds is 8. The minimum absolute atomic E-state index is 0.0309. The van der Waals surface area contributed by atoms with Crippen LogP contribution >= 0.6 is 0 Å². The summed E-state index contributed by atoms with van der Waals surface area (Å²) in [6.07, 6.45) is 5.55. The number of ether oxygens (including phenoxy) is 1. The lowest BCUT2D eigenvalue weighted by Crippen LogP contribution is -2.47. The zero-order chi connectivity index (χ0) is 15.1. The molecule has 1 saturated heterocycles. The minimum atomic E-state index is -0.363. The molecule has 4 heteroatoms. The Morgan fingerprint density at radius 3 is 2.80 bits per heavy atom. The maximum atomic E-state index is 9.23. The summed E-state index contributed by atoms with van der Waals surface area (Å²) < 4.78 is 5.62. The van der Waals surface area contributed by atoms with Gasteiger partial charge in [0.05, 0.1) is 11.7 Å². The van der Waals surface area contributed by atoms with E-state index < -0.39 is 0 Å². The fourth-order valence-corrected chi connectivity index (χ4v) is 3.05. The number of methoxy groups -OCH3 is 1. The van der Waals surface area contributed by atoms with E-state index >= 15 is 0 Å². The van der Waals surface area contributed by atoms with Gasteiger partial charge in [-0.2, -0.15) is 5.26 Å². The van der Waals surface area contributed by atoms with Crippen LogP contribution in [0.5, 0.6) is 0 Å². The van der Waals surface area contributed by atoms with Gasteiger partial charge in [0.1, 0.15) is 5.54 Å². The molecule has 0 spiro atoms. The van der Waals surface area contributed by atoms with Gasteiger partial charge < -0.3 is 9.64 Å². The summed E-state index contributed by atoms with van der Waals surface area (Å²) in [4.78, 5) is 2.50. The van der Waals surface area contributed by atoms with E-state index in [9.17, 15) is 5.26 Å². The molecule has 0 bridgehead atoms. The van der Waals surface area contributed by atoms with Crippen LogP contribution in [0.4, 0.5) is 0 Å². The Hall–Kier alpha value is -0.630. The number of nitrogens with one attached hydrogen (secondary N) is 1. The van der Waals surface area contributed by atoms with Crippen LogP contribution in [0.25, 0.3) is 0 Å². The van der Waals surface area contributed by atoms with Crippen molar-refractivity contribution < 1.29 is 4.74 Å². The van der Waals surface area contributed by atoms with Crippen molar-refractivity contribution in [3.8, 4) is 6.07 Å². The van der Waals surface area contributed by atoms with E-state index in [2.05, 4.69) is 30.1 Å². The van der Waals surface area contributed by atoms with Crippen LogP contribution in [-0.2, 0) is 4.74 Å². The maximum absolute atomic E-state index is 9.23. The first-order valence-electron chi connectivity index (χ1n) is 7.91. The van der Waals surface area contributed by atoms with Crippen LogP contribution in [0, 0.1) is 11.3 Å². The van der Waals surface area contributed by atoms with Gasteiger partial charge in [-0.1, -0.05) is 6.92 Å². The topological polar surface area (TPSA) is 48.3 Å². The van der Waals surface area contributed by atoms with Gasteiger partial charge in [0, 0.05) is 13.7 Å². The third-order valence-electron chi connectivity index (χ3n) is 4.45. The van der Waals surface area contributed by atoms with Crippen LogP contribution in [0.15, 0.2) is 0 Å². The maximum Gasteiger partial charge on any atom is 0.103 e. The van der Waals surface area contributed by atoms with E-state index in [-0.39, 0.29) is 11.1 Å². The second-order valence-corrected chi connectivity index (χ2v) is 6.47. The Bertz CT molecular complexity index is 328. The normalized spacial score (nSPS) is 26.9. The van der Waals surface area contributed by atoms with E-state index in [4.69, 9.17) is 4.74 Å². The molecule has 0 aromatic carbocycles. The quantitative estimate of drug-likeness (QED) is 0.695. The van der Waals surface area contributed by atoms with E-state index in [0.29, 0.717) is 0 Å². The molecular formula is C16H31N3O. The van der Waals surface area contributed by atoms with Crippen LogP contribution < -0.4 is 5.32 Å². The molecule has 0 aromatic rings. The molecule has 2 unspecified atom stereocenters. The molecule has 0 amide bonds. The van der Waals surface area contributed by atoms with Gasteiger partial charge in [-0.25, -0.2) is 0 Å². The molecule has 4 nitrogen and oxygen atoms in total. The second kappa shape index (κ2) is 7.97. The highest BCUT2D eigenvalue weighted by Crippen LogP contribution is 2.24. The van der Waals surface area contributed by atoms with Crippen LogP contribution in [0.3, 0.4) is 0 Å². The van der Waals surface area contributed by atoms with E-state index in [1.807, 2.05) is 14.0 Å². The summed E-state index contributed by atoms with van der Waals surface area (Å²) in [5.41, 5.74) is -0.332. The lowest BCUT2D eigenvalue weighted by molar-refractivity contribution is -0.0508. The second-order valence-electron chi connectivity index (χ2n) is 6.47. The number of hydrogen-bond donors (Lipinski definition) is 1. The van der Waals surface area contributed by atoms with Gasteiger partial charge in [0.15, 0.2) is 0 Å². The van der Waals surface area contributed by atoms with Crippen molar-refractivity contribution in [3.63, 3.8) is 0 Å². The number of piperidine rings is 1. The number of likely N-dealkylation sites (tertiary alicyclic amines) is 1. The third-order valence-corrected chi connectivity index (χ3v) is 4.45. The van der Waals surface area contributed by atoms with E-state index in [1.165, 1.54) is 13.0 Å². The van der Waals surface area contributed by atoms with Crippen molar-refractivity contribution in [1.82, 2.24) is 10.2 Å². The van der Waals surface area contributed by atoms with Crippen LogP contribution in [-0.4, -0.2) is 49.3 Å². The summed E-state index contributed by atoms with van der Waals surface area (Å²) in [6, 6.07) is 2.40. The smallest absolute Gasteiger partial charge is 0.103 e. The zero-order valence-electron chi connectivity index (χ0n) is 13.7. The molecule has 1 aliphatic heterocycles. The average molecular weight is 281 g/mol. The summed E-state index contributed by atoms with van der Waals surface area (Å²) >= 11 is 0. The van der Waals surface area contributed by atoms with Crippen LogP contribution in [0.2, 0.25) is 0 Å². The number of unbranched alkanes of at least 4 members (excludes halogenated alkanes) is 1. The molecule has 116 valence electrons. The molecule has 0 aromatic heterocycles. The molecule has 1 aliphatic rings. The lowest BCUT2D eigenvalue weighted by Gasteiger charge is -2.39. The van der Waals surface area contributed by atoms with E-state index in [1.54, 1.807) is 0 Å². The highest BCUT2D eigenvalue weighted by atomic mass is 16.5. The van der Waals surface area contributed by atoms with Gasteiger partial charge in [0.25, 0.3) is 0 Å². The molecule has 1 fully saturated rings. The summed E-state index contributed by atoms with van der Waals surface area (Å²) in [6.45, 7) is 10.4. The first-order valence-corrected chi connectivity index (χ1v) is 7.91. The standard InChI is InChI=1S/C16H31N3O/c1-5-18-15(2,13-17)9-6-7-11-19-12-8-10-16(3,14-19)20-4/h18H,5-12,14H2,1-4H3. The van der Waals surface area contributed by atoms with Crippen molar-refractivity contribution in [2.24, 2.45) is 0 Å². The first kappa shape index (κ1) is 17.4. The predicted molar refractivity (Wildman–Crippen MR) is 82.6 cm³/mol. The summed E-state index contributed by atoms with van der Waals surface area (Å²) in [7, 11) is 1.82. The summed E-state index contributed by atoms with van der Waals surface area (Å²) in [5, 5.41) is 12.5. The monoisotopic (exact) mass is 281 g/mol. The van der Waals surface area contributed by atoms with Crippen LogP contribution in [0.1, 0.15) is 52.9 Å². The Labute approximate surface area is 124 Å². The van der Waals surface area contributed by atoms with Crippen molar-refractivity contribution in [3.05, 3.63) is 0 Å². The molecule has 0 aliphatic carbocycles. The Morgan fingerprint density at radius 2 is 2.20 bits per heavy atom. The molecule has 1 N–H and O–H groups in total. The Morgan fingerprint density at radius 1 is 1.45 bits per heavy atom. The molecule has 0 saturated carbocycles. The first-order chi connectivity index (χ1) is 9.47. The molecule has 1 heterocycles. The molecule has 1 rings (SSSR count). The Kier molecular flexibility index (Phi) is 6.94. The average Bonchev–Trinajstić information content (AvgIpc) is 2.44. The van der Waals surface area contributed by atoms with Gasteiger partial charge in [0.2, 0.25) is 0 Å². The van der Waals surface area contributed by atoms with Gasteiger partial charge in [-0.3, -0.25) is 5.32 Å². The fourth-order valence-electron chi connectivity index (χ4n) is 3.05. The van der Waals surface area contributed by atoms with Gasteiger partial charge >= 0.3 is 0 Å². The van der Waals surface area contributed by atoms with Crippen molar-refractivity contribution in [1.29, 1.82) is 5.26 Å². The number of nitriles is 1. The summed E-state index contributed by atoms with van der Waals surface area (Å²) in [5.74, 6) is 0. The molecule has 2 atom stereocenters. The molecule has 0 radical (unpaired) electrons. The lowest BCUT2D eigenvalue weighted by atomic mass is 9.93.